The van der Waals surface area contributed by atoms with Crippen molar-refractivity contribution in [2.75, 3.05) is 0 Å². The minimum atomic E-state index is -0.262. The molecule has 0 spiro atoms. The van der Waals surface area contributed by atoms with Gasteiger partial charge in [-0.3, -0.25) is 4.79 Å². The minimum absolute atomic E-state index is 0.0997. The predicted octanol–water partition coefficient (Wildman–Crippen LogP) is 3.50. The summed E-state index contributed by atoms with van der Waals surface area (Å²) in [7, 11) is 0. The van der Waals surface area contributed by atoms with Crippen molar-refractivity contribution in [3.05, 3.63) is 58.0 Å². The van der Waals surface area contributed by atoms with Crippen molar-refractivity contribution in [1.82, 2.24) is 5.32 Å². The highest BCUT2D eigenvalue weighted by Gasteiger charge is 2.31. The number of carbonyl (C=O) groups is 1. The van der Waals surface area contributed by atoms with E-state index in [1.807, 2.05) is 17.5 Å². The standard InChI is InChI=1S/C15H14FNOS/c16-12-7-5-10(6-8-12)14(13-2-1-9-19-13)17-15(18)11-3-4-11/h1-2,5-9,11,14H,3-4H2,(H,17,18)/t14-/m0/s1. The van der Waals surface area contributed by atoms with Crippen molar-refractivity contribution in [2.45, 2.75) is 18.9 Å². The van der Waals surface area contributed by atoms with E-state index >= 15 is 0 Å². The molecule has 1 aromatic carbocycles. The molecule has 2 aromatic rings. The van der Waals surface area contributed by atoms with Gasteiger partial charge in [-0.25, -0.2) is 4.39 Å². The van der Waals surface area contributed by atoms with Gasteiger partial charge in [0.05, 0.1) is 6.04 Å². The summed E-state index contributed by atoms with van der Waals surface area (Å²) in [5.41, 5.74) is 0.915. The zero-order valence-electron chi connectivity index (χ0n) is 10.3. The molecule has 0 saturated heterocycles. The molecule has 1 atom stereocenters. The van der Waals surface area contributed by atoms with E-state index in [4.69, 9.17) is 0 Å². The highest BCUT2D eigenvalue weighted by molar-refractivity contribution is 7.10. The van der Waals surface area contributed by atoms with Gasteiger partial charge in [0, 0.05) is 10.8 Å². The van der Waals surface area contributed by atoms with Crippen LogP contribution in [0.15, 0.2) is 41.8 Å². The molecule has 0 radical (unpaired) electrons. The second-order valence-corrected chi connectivity index (χ2v) is 5.76. The zero-order valence-corrected chi connectivity index (χ0v) is 11.1. The maximum absolute atomic E-state index is 13.0. The topological polar surface area (TPSA) is 29.1 Å². The van der Waals surface area contributed by atoms with Gasteiger partial charge in [0.1, 0.15) is 5.82 Å². The van der Waals surface area contributed by atoms with E-state index in [0.29, 0.717) is 0 Å². The van der Waals surface area contributed by atoms with Gasteiger partial charge in [0.15, 0.2) is 0 Å². The Morgan fingerprint density at radius 2 is 2.00 bits per heavy atom. The third-order valence-electron chi connectivity index (χ3n) is 3.27. The summed E-state index contributed by atoms with van der Waals surface area (Å²) in [4.78, 5) is 13.0. The molecule has 1 N–H and O–H groups in total. The van der Waals surface area contributed by atoms with Crippen LogP contribution < -0.4 is 5.32 Å². The van der Waals surface area contributed by atoms with Crippen LogP contribution in [0.5, 0.6) is 0 Å². The number of carbonyl (C=O) groups excluding carboxylic acids is 1. The number of benzene rings is 1. The molecule has 3 rings (SSSR count). The Hall–Kier alpha value is -1.68. The maximum atomic E-state index is 13.0. The fourth-order valence-electron chi connectivity index (χ4n) is 2.04. The van der Waals surface area contributed by atoms with Crippen LogP contribution in [-0.2, 0) is 4.79 Å². The first-order chi connectivity index (χ1) is 9.24. The molecule has 0 aliphatic heterocycles. The molecule has 1 aliphatic carbocycles. The van der Waals surface area contributed by atoms with Gasteiger partial charge >= 0.3 is 0 Å². The third-order valence-corrected chi connectivity index (χ3v) is 4.20. The lowest BCUT2D eigenvalue weighted by molar-refractivity contribution is -0.122. The fourth-order valence-corrected chi connectivity index (χ4v) is 2.84. The number of hydrogen-bond donors (Lipinski definition) is 1. The van der Waals surface area contributed by atoms with Crippen LogP contribution in [0.2, 0.25) is 0 Å². The van der Waals surface area contributed by atoms with Crippen LogP contribution in [-0.4, -0.2) is 5.91 Å². The van der Waals surface area contributed by atoms with Crippen molar-refractivity contribution in [1.29, 1.82) is 0 Å². The quantitative estimate of drug-likeness (QED) is 0.909. The Morgan fingerprint density at radius 3 is 2.58 bits per heavy atom. The minimum Gasteiger partial charge on any atom is -0.344 e. The Kier molecular flexibility index (Phi) is 3.34. The van der Waals surface area contributed by atoms with Crippen molar-refractivity contribution < 1.29 is 9.18 Å². The summed E-state index contributed by atoms with van der Waals surface area (Å²) in [6.07, 6.45) is 1.96. The Labute approximate surface area is 115 Å². The lowest BCUT2D eigenvalue weighted by atomic mass is 10.0. The molecule has 0 bridgehead atoms. The van der Waals surface area contributed by atoms with Gasteiger partial charge in [0.2, 0.25) is 5.91 Å². The van der Waals surface area contributed by atoms with E-state index in [1.165, 1.54) is 12.1 Å². The summed E-state index contributed by atoms with van der Waals surface area (Å²) >= 11 is 1.60. The van der Waals surface area contributed by atoms with Crippen LogP contribution in [0, 0.1) is 11.7 Å². The smallest absolute Gasteiger partial charge is 0.223 e. The van der Waals surface area contributed by atoms with Gasteiger partial charge in [0.25, 0.3) is 0 Å². The summed E-state index contributed by atoms with van der Waals surface area (Å²) in [6.45, 7) is 0. The van der Waals surface area contributed by atoms with Crippen molar-refractivity contribution >= 4 is 17.2 Å². The Morgan fingerprint density at radius 1 is 1.26 bits per heavy atom. The zero-order chi connectivity index (χ0) is 13.2. The van der Waals surface area contributed by atoms with E-state index in [1.54, 1.807) is 23.5 Å². The summed E-state index contributed by atoms with van der Waals surface area (Å²) < 4.78 is 13.0. The highest BCUT2D eigenvalue weighted by atomic mass is 32.1. The number of thiophene rings is 1. The first-order valence-corrected chi connectivity index (χ1v) is 7.21. The third kappa shape index (κ3) is 2.84. The molecule has 2 nitrogen and oxygen atoms in total. The van der Waals surface area contributed by atoms with Gasteiger partial charge in [-0.1, -0.05) is 18.2 Å². The van der Waals surface area contributed by atoms with E-state index in [9.17, 15) is 9.18 Å². The van der Waals surface area contributed by atoms with Crippen molar-refractivity contribution in [3.63, 3.8) is 0 Å². The van der Waals surface area contributed by atoms with Crippen LogP contribution in [0.4, 0.5) is 4.39 Å². The monoisotopic (exact) mass is 275 g/mol. The SMILES string of the molecule is O=C(N[C@@H](c1ccc(F)cc1)c1cccs1)C1CC1. The van der Waals surface area contributed by atoms with Gasteiger partial charge < -0.3 is 5.32 Å². The normalized spacial score (nSPS) is 16.1. The molecular formula is C15H14FNOS. The van der Waals surface area contributed by atoms with Crippen LogP contribution in [0.3, 0.4) is 0 Å². The molecule has 1 fully saturated rings. The van der Waals surface area contributed by atoms with Crippen LogP contribution in [0.1, 0.15) is 29.3 Å². The molecule has 98 valence electrons. The first-order valence-electron chi connectivity index (χ1n) is 6.33. The molecule has 1 heterocycles. The van der Waals surface area contributed by atoms with E-state index in [-0.39, 0.29) is 23.7 Å². The second kappa shape index (κ2) is 5.13. The van der Waals surface area contributed by atoms with E-state index in [0.717, 1.165) is 23.3 Å². The fraction of sp³-hybridized carbons (Fsp3) is 0.267. The second-order valence-electron chi connectivity index (χ2n) is 4.78. The van der Waals surface area contributed by atoms with Crippen LogP contribution in [0.25, 0.3) is 0 Å². The van der Waals surface area contributed by atoms with E-state index in [2.05, 4.69) is 5.32 Å². The summed E-state index contributed by atoms with van der Waals surface area (Å²) in [5, 5.41) is 5.05. The maximum Gasteiger partial charge on any atom is 0.223 e. The molecule has 4 heteroatoms. The Balaban J connectivity index is 1.87. The first kappa shape index (κ1) is 12.4. The van der Waals surface area contributed by atoms with E-state index < -0.39 is 0 Å². The van der Waals surface area contributed by atoms with Crippen LogP contribution >= 0.6 is 11.3 Å². The van der Waals surface area contributed by atoms with Gasteiger partial charge in [-0.2, -0.15) is 0 Å². The Bertz CT molecular complexity index is 560. The summed E-state index contributed by atoms with van der Waals surface area (Å²) in [5.74, 6) is 0.00725. The number of hydrogen-bond acceptors (Lipinski definition) is 2. The number of nitrogens with one attached hydrogen (secondary N) is 1. The molecule has 19 heavy (non-hydrogen) atoms. The van der Waals surface area contributed by atoms with Gasteiger partial charge in [-0.05, 0) is 42.0 Å². The van der Waals surface area contributed by atoms with Gasteiger partial charge in [-0.15, -0.1) is 11.3 Å². The predicted molar refractivity (Wildman–Crippen MR) is 73.4 cm³/mol. The lowest BCUT2D eigenvalue weighted by Gasteiger charge is -2.18. The van der Waals surface area contributed by atoms with Crippen molar-refractivity contribution in [2.24, 2.45) is 5.92 Å². The average Bonchev–Trinajstić information content (AvgIpc) is 3.13. The number of amides is 1. The molecule has 1 saturated carbocycles. The molecular weight excluding hydrogens is 261 g/mol. The molecule has 1 aliphatic rings. The number of halogens is 1. The lowest BCUT2D eigenvalue weighted by Crippen LogP contribution is -2.29. The number of rotatable bonds is 4. The average molecular weight is 275 g/mol. The largest absolute Gasteiger partial charge is 0.344 e. The molecule has 0 unspecified atom stereocenters. The van der Waals surface area contributed by atoms with Crippen molar-refractivity contribution in [3.8, 4) is 0 Å². The molecule has 1 amide bonds. The summed E-state index contributed by atoms with van der Waals surface area (Å²) in [6, 6.07) is 10.1. The molecule has 1 aromatic heterocycles. The highest BCUT2D eigenvalue weighted by Crippen LogP contribution is 2.32.